The molecule has 0 atom stereocenters. The summed E-state index contributed by atoms with van der Waals surface area (Å²) in [5.74, 6) is -5.21. The fourth-order valence-electron chi connectivity index (χ4n) is 0.124. The van der Waals surface area contributed by atoms with Crippen molar-refractivity contribution >= 4 is 16.8 Å². The molecule has 0 rings (SSSR count). The normalized spacial score (nSPS) is 13.4. The van der Waals surface area contributed by atoms with E-state index in [2.05, 4.69) is 11.6 Å². The van der Waals surface area contributed by atoms with Crippen LogP contribution in [0.4, 0.5) is 22.0 Å². The molecule has 0 saturated carbocycles. The van der Waals surface area contributed by atoms with E-state index in [9.17, 15) is 22.0 Å². The van der Waals surface area contributed by atoms with E-state index >= 15 is 0 Å². The first-order valence-corrected chi connectivity index (χ1v) is 2.26. The zero-order valence-corrected chi connectivity index (χ0v) is 5.02. The van der Waals surface area contributed by atoms with Gasteiger partial charge in [0.1, 0.15) is 0 Å². The van der Waals surface area contributed by atoms with Crippen molar-refractivity contribution < 1.29 is 22.0 Å². The average Bonchev–Trinajstić information content (AvgIpc) is 1.62. The quantitative estimate of drug-likeness (QED) is 0.475. The fourth-order valence-corrected chi connectivity index (χ4v) is 0.232. The number of rotatable bonds is 1. The molecule has 0 aromatic heterocycles. The molecule has 7 heteroatoms. The smallest absolute Gasteiger partial charge is 0.288 e. The van der Waals surface area contributed by atoms with Crippen LogP contribution in [0, 0.1) is 5.41 Å². The minimum atomic E-state index is -5.77. The van der Waals surface area contributed by atoms with Gasteiger partial charge in [-0.1, -0.05) is 11.6 Å². The van der Waals surface area contributed by atoms with E-state index in [1.165, 1.54) is 0 Å². The van der Waals surface area contributed by atoms with E-state index in [1.807, 2.05) is 0 Å². The summed E-state index contributed by atoms with van der Waals surface area (Å²) >= 11 is 4.17. The van der Waals surface area contributed by atoms with Crippen LogP contribution in [0.5, 0.6) is 0 Å². The summed E-state index contributed by atoms with van der Waals surface area (Å²) in [7, 11) is 0. The second-order valence-electron chi connectivity index (χ2n) is 1.39. The lowest BCUT2D eigenvalue weighted by Crippen LogP contribution is -2.41. The summed E-state index contributed by atoms with van der Waals surface area (Å²) in [6.07, 6.45) is -5.77. The molecule has 1 N–H and O–H groups in total. The highest BCUT2D eigenvalue weighted by Gasteiger charge is 2.60. The van der Waals surface area contributed by atoms with Crippen molar-refractivity contribution in [3.63, 3.8) is 0 Å². The molecule has 0 bridgehead atoms. The third kappa shape index (κ3) is 1.56. The van der Waals surface area contributed by atoms with Crippen molar-refractivity contribution in [2.24, 2.45) is 0 Å². The predicted molar refractivity (Wildman–Crippen MR) is 24.6 cm³/mol. The van der Waals surface area contributed by atoms with Gasteiger partial charge in [-0.15, -0.1) is 0 Å². The Morgan fingerprint density at radius 3 is 1.40 bits per heavy atom. The maximum Gasteiger partial charge on any atom is 0.460 e. The van der Waals surface area contributed by atoms with Crippen LogP contribution in [-0.4, -0.2) is 17.3 Å². The van der Waals surface area contributed by atoms with Crippen LogP contribution in [0.25, 0.3) is 0 Å². The van der Waals surface area contributed by atoms with Crippen LogP contribution < -0.4 is 0 Å². The number of alkyl halides is 5. The van der Waals surface area contributed by atoms with Crippen LogP contribution in [-0.2, 0) is 0 Å². The predicted octanol–water partition coefficient (Wildman–Crippen LogP) is 2.40. The first kappa shape index (κ1) is 9.61. The van der Waals surface area contributed by atoms with Gasteiger partial charge in [0.25, 0.3) is 0 Å². The van der Waals surface area contributed by atoms with E-state index in [0.717, 1.165) is 0 Å². The van der Waals surface area contributed by atoms with Crippen molar-refractivity contribution in [2.45, 2.75) is 12.1 Å². The summed E-state index contributed by atoms with van der Waals surface area (Å²) in [6.45, 7) is 0. The van der Waals surface area contributed by atoms with Crippen LogP contribution in [0.2, 0.25) is 0 Å². The molecule has 0 aliphatic carbocycles. The van der Waals surface area contributed by atoms with Crippen LogP contribution in [0.15, 0.2) is 0 Å². The molecule has 0 aromatic rings. The van der Waals surface area contributed by atoms with E-state index in [4.69, 9.17) is 5.41 Å². The van der Waals surface area contributed by atoms with Gasteiger partial charge in [0.15, 0.2) is 5.17 Å². The van der Waals surface area contributed by atoms with Crippen LogP contribution in [0.1, 0.15) is 0 Å². The van der Waals surface area contributed by atoms with Gasteiger partial charge in [-0.3, -0.25) is 5.41 Å². The molecule has 0 spiro atoms. The molecule has 0 unspecified atom stereocenters. The Kier molecular flexibility index (Phi) is 2.24. The molecule has 0 amide bonds. The molecule has 0 radical (unpaired) electrons. The molecule has 0 saturated heterocycles. The average molecular weight is 181 g/mol. The Bertz CT molecular complexity index is 149. The summed E-state index contributed by atoms with van der Waals surface area (Å²) in [5.41, 5.74) is 0. The Balaban J connectivity index is 4.57. The number of nitrogens with one attached hydrogen (secondary N) is 1. The van der Waals surface area contributed by atoms with Gasteiger partial charge in [0.2, 0.25) is 0 Å². The van der Waals surface area contributed by atoms with E-state index in [1.54, 1.807) is 0 Å². The summed E-state index contributed by atoms with van der Waals surface area (Å²) in [6, 6.07) is 0. The Labute approximate surface area is 57.3 Å². The van der Waals surface area contributed by atoms with Gasteiger partial charge in [-0.2, -0.15) is 22.0 Å². The lowest BCUT2D eigenvalue weighted by atomic mass is 10.3. The van der Waals surface area contributed by atoms with E-state index in [0.29, 0.717) is 0 Å². The van der Waals surface area contributed by atoms with Crippen molar-refractivity contribution in [3.05, 3.63) is 0 Å². The minimum Gasteiger partial charge on any atom is -0.288 e. The van der Waals surface area contributed by atoms with Gasteiger partial charge in [0, 0.05) is 0 Å². The molecular weight excluding hydrogens is 180 g/mol. The van der Waals surface area contributed by atoms with Gasteiger partial charge in [-0.05, 0) is 0 Å². The number of hydrogen-bond acceptors (Lipinski definition) is 1. The molecule has 0 fully saturated rings. The molecule has 0 aliphatic rings. The van der Waals surface area contributed by atoms with Crippen molar-refractivity contribution in [1.29, 1.82) is 5.41 Å². The molecule has 0 heterocycles. The summed E-state index contributed by atoms with van der Waals surface area (Å²) < 4.78 is 56.5. The van der Waals surface area contributed by atoms with E-state index < -0.39 is 17.3 Å². The fraction of sp³-hybridized carbons (Fsp3) is 0.667. The van der Waals surface area contributed by atoms with Crippen LogP contribution in [0.3, 0.4) is 0 Å². The number of halogens is 6. The second kappa shape index (κ2) is 2.34. The van der Waals surface area contributed by atoms with Crippen molar-refractivity contribution in [1.82, 2.24) is 0 Å². The topological polar surface area (TPSA) is 23.9 Å². The lowest BCUT2D eigenvalue weighted by molar-refractivity contribution is -0.248. The van der Waals surface area contributed by atoms with Crippen LogP contribution >= 0.6 is 11.6 Å². The highest BCUT2D eigenvalue weighted by Crippen LogP contribution is 2.36. The summed E-state index contributed by atoms with van der Waals surface area (Å²) in [5, 5.41) is 3.63. The van der Waals surface area contributed by atoms with Gasteiger partial charge >= 0.3 is 12.1 Å². The third-order valence-electron chi connectivity index (χ3n) is 0.632. The lowest BCUT2D eigenvalue weighted by Gasteiger charge is -2.15. The summed E-state index contributed by atoms with van der Waals surface area (Å²) in [4.78, 5) is 0. The van der Waals surface area contributed by atoms with Crippen molar-refractivity contribution in [3.8, 4) is 0 Å². The Morgan fingerprint density at radius 2 is 1.40 bits per heavy atom. The minimum absolute atomic E-state index is 2.22. The monoisotopic (exact) mass is 181 g/mol. The zero-order chi connectivity index (χ0) is 8.58. The first-order chi connectivity index (χ1) is 4.19. The molecular formula is C3HClF5N. The maximum absolute atomic E-state index is 11.6. The maximum atomic E-state index is 11.6. The van der Waals surface area contributed by atoms with Gasteiger partial charge in [0.05, 0.1) is 0 Å². The molecule has 1 nitrogen and oxygen atoms in total. The first-order valence-electron chi connectivity index (χ1n) is 1.88. The largest absolute Gasteiger partial charge is 0.460 e. The van der Waals surface area contributed by atoms with Crippen molar-refractivity contribution in [2.75, 3.05) is 0 Å². The SMILES string of the molecule is N=C(Cl)C(F)(F)C(F)(F)F. The van der Waals surface area contributed by atoms with Gasteiger partial charge in [-0.25, -0.2) is 0 Å². The van der Waals surface area contributed by atoms with Gasteiger partial charge < -0.3 is 0 Å². The Morgan fingerprint density at radius 1 is 1.10 bits per heavy atom. The zero-order valence-electron chi connectivity index (χ0n) is 4.27. The number of hydrogen-bond donors (Lipinski definition) is 1. The standard InChI is InChI=1S/C3HClF5N/c4-1(10)2(5,6)3(7,8)9/h10H. The molecule has 60 valence electrons. The highest BCUT2D eigenvalue weighted by molar-refractivity contribution is 6.66. The molecule has 0 aliphatic heterocycles. The third-order valence-corrected chi connectivity index (χ3v) is 0.869. The van der Waals surface area contributed by atoms with E-state index in [-0.39, 0.29) is 0 Å². The second-order valence-corrected chi connectivity index (χ2v) is 1.76. The molecule has 10 heavy (non-hydrogen) atoms. The molecule has 0 aromatic carbocycles. The Hall–Kier alpha value is -0.390. The highest BCUT2D eigenvalue weighted by atomic mass is 35.5.